The number of carboxylic acids is 1. The third-order valence-corrected chi connectivity index (χ3v) is 4.81. The van der Waals surface area contributed by atoms with Gasteiger partial charge in [0.15, 0.2) is 0 Å². The molecule has 0 aromatic heterocycles. The van der Waals surface area contributed by atoms with E-state index in [-0.39, 0.29) is 0 Å². The molecule has 0 amide bonds. The number of aliphatic carboxylic acids is 1. The van der Waals surface area contributed by atoms with Crippen molar-refractivity contribution in [3.63, 3.8) is 0 Å². The standard InChI is InChI=1S/C21H18O2/c1-2-4-18(21(22)23)16-11-9-15-8-7-13-5-3-6-14-10-12-17(16)20(15)19(13)14/h3,5-12,18H,2,4H2,1H3,(H,22,23). The van der Waals surface area contributed by atoms with Crippen molar-refractivity contribution in [2.24, 2.45) is 0 Å². The van der Waals surface area contributed by atoms with Crippen molar-refractivity contribution in [3.8, 4) is 0 Å². The van der Waals surface area contributed by atoms with E-state index in [0.29, 0.717) is 6.42 Å². The maximum absolute atomic E-state index is 11.7. The van der Waals surface area contributed by atoms with Crippen LogP contribution in [0.5, 0.6) is 0 Å². The monoisotopic (exact) mass is 302 g/mol. The van der Waals surface area contributed by atoms with E-state index in [1.165, 1.54) is 26.9 Å². The van der Waals surface area contributed by atoms with Crippen LogP contribution < -0.4 is 0 Å². The summed E-state index contributed by atoms with van der Waals surface area (Å²) in [4.78, 5) is 11.7. The normalized spacial score (nSPS) is 13.1. The summed E-state index contributed by atoms with van der Waals surface area (Å²) in [5.74, 6) is -1.17. The van der Waals surface area contributed by atoms with Gasteiger partial charge in [-0.3, -0.25) is 4.79 Å². The minimum absolute atomic E-state index is 0.440. The Morgan fingerprint density at radius 3 is 2.17 bits per heavy atom. The average Bonchev–Trinajstić information content (AvgIpc) is 2.57. The first-order chi connectivity index (χ1) is 11.2. The molecular weight excluding hydrogens is 284 g/mol. The molecule has 0 heterocycles. The van der Waals surface area contributed by atoms with E-state index in [9.17, 15) is 9.90 Å². The maximum Gasteiger partial charge on any atom is 0.310 e. The van der Waals surface area contributed by atoms with E-state index in [2.05, 4.69) is 48.5 Å². The second-order valence-electron chi connectivity index (χ2n) is 6.19. The zero-order chi connectivity index (χ0) is 16.0. The van der Waals surface area contributed by atoms with Crippen LogP contribution in [0.25, 0.3) is 32.3 Å². The number of rotatable bonds is 4. The molecule has 0 radical (unpaired) electrons. The van der Waals surface area contributed by atoms with Gasteiger partial charge >= 0.3 is 5.97 Å². The van der Waals surface area contributed by atoms with E-state index in [1.807, 2.05) is 13.0 Å². The minimum atomic E-state index is -0.734. The Hall–Kier alpha value is -2.61. The molecule has 23 heavy (non-hydrogen) atoms. The SMILES string of the molecule is CCCC(C(=O)O)c1ccc2ccc3cccc4ccc1c2c34. The molecule has 0 aliphatic heterocycles. The van der Waals surface area contributed by atoms with E-state index < -0.39 is 11.9 Å². The van der Waals surface area contributed by atoms with E-state index in [0.717, 1.165) is 17.4 Å². The summed E-state index contributed by atoms with van der Waals surface area (Å²) >= 11 is 0. The van der Waals surface area contributed by atoms with Crippen molar-refractivity contribution in [3.05, 3.63) is 60.2 Å². The lowest BCUT2D eigenvalue weighted by atomic mass is 9.86. The molecule has 0 spiro atoms. The molecule has 0 bridgehead atoms. The van der Waals surface area contributed by atoms with Gasteiger partial charge in [-0.1, -0.05) is 67.9 Å². The number of hydrogen-bond acceptors (Lipinski definition) is 1. The number of benzene rings is 4. The summed E-state index contributed by atoms with van der Waals surface area (Å²) in [6, 6.07) is 18.8. The second-order valence-corrected chi connectivity index (χ2v) is 6.19. The summed E-state index contributed by atoms with van der Waals surface area (Å²) in [5, 5.41) is 16.8. The number of hydrogen-bond donors (Lipinski definition) is 1. The van der Waals surface area contributed by atoms with Crippen molar-refractivity contribution < 1.29 is 9.90 Å². The lowest BCUT2D eigenvalue weighted by molar-refractivity contribution is -0.138. The smallest absolute Gasteiger partial charge is 0.310 e. The van der Waals surface area contributed by atoms with Gasteiger partial charge in [0.25, 0.3) is 0 Å². The fourth-order valence-corrected chi connectivity index (χ4v) is 3.76. The zero-order valence-electron chi connectivity index (χ0n) is 13.0. The Bertz CT molecular complexity index is 1000. The maximum atomic E-state index is 11.7. The van der Waals surface area contributed by atoms with Crippen molar-refractivity contribution in [2.75, 3.05) is 0 Å². The van der Waals surface area contributed by atoms with Crippen LogP contribution in [-0.2, 0) is 4.79 Å². The summed E-state index contributed by atoms with van der Waals surface area (Å²) in [5.41, 5.74) is 0.935. The van der Waals surface area contributed by atoms with Crippen LogP contribution in [-0.4, -0.2) is 11.1 Å². The third-order valence-electron chi connectivity index (χ3n) is 4.81. The minimum Gasteiger partial charge on any atom is -0.481 e. The first kappa shape index (κ1) is 14.0. The molecule has 1 unspecified atom stereocenters. The molecule has 0 saturated carbocycles. The van der Waals surface area contributed by atoms with Gasteiger partial charge in [0.05, 0.1) is 5.92 Å². The van der Waals surface area contributed by atoms with Crippen molar-refractivity contribution in [1.82, 2.24) is 0 Å². The van der Waals surface area contributed by atoms with Crippen LogP contribution >= 0.6 is 0 Å². The van der Waals surface area contributed by atoms with Gasteiger partial charge in [-0.2, -0.15) is 0 Å². The molecule has 0 aliphatic carbocycles. The third kappa shape index (κ3) is 2.06. The molecule has 1 N–H and O–H groups in total. The highest BCUT2D eigenvalue weighted by Crippen LogP contribution is 2.38. The summed E-state index contributed by atoms with van der Waals surface area (Å²) < 4.78 is 0. The van der Waals surface area contributed by atoms with Gasteiger partial charge in [-0.15, -0.1) is 0 Å². The predicted molar refractivity (Wildman–Crippen MR) is 95.4 cm³/mol. The molecule has 114 valence electrons. The first-order valence-electron chi connectivity index (χ1n) is 8.10. The molecule has 4 rings (SSSR count). The predicted octanol–water partition coefficient (Wildman–Crippen LogP) is 5.55. The van der Waals surface area contributed by atoms with E-state index >= 15 is 0 Å². The van der Waals surface area contributed by atoms with Crippen LogP contribution in [0.15, 0.2) is 54.6 Å². The molecule has 0 aliphatic rings. The fourth-order valence-electron chi connectivity index (χ4n) is 3.76. The number of carbonyl (C=O) groups is 1. The summed E-state index contributed by atoms with van der Waals surface area (Å²) in [6.07, 6.45) is 1.53. The highest BCUT2D eigenvalue weighted by atomic mass is 16.4. The molecule has 4 aromatic rings. The lowest BCUT2D eigenvalue weighted by Gasteiger charge is -2.18. The average molecular weight is 302 g/mol. The molecule has 4 aromatic carbocycles. The summed E-state index contributed by atoms with van der Waals surface area (Å²) in [6.45, 7) is 2.03. The van der Waals surface area contributed by atoms with Crippen molar-refractivity contribution >= 4 is 38.3 Å². The molecule has 0 fully saturated rings. The van der Waals surface area contributed by atoms with Crippen LogP contribution in [0.3, 0.4) is 0 Å². The topological polar surface area (TPSA) is 37.3 Å². The second kappa shape index (κ2) is 5.24. The highest BCUT2D eigenvalue weighted by Gasteiger charge is 2.22. The fraction of sp³-hybridized carbons (Fsp3) is 0.190. The largest absolute Gasteiger partial charge is 0.481 e. The van der Waals surface area contributed by atoms with Crippen LogP contribution in [0.4, 0.5) is 0 Å². The summed E-state index contributed by atoms with van der Waals surface area (Å²) in [7, 11) is 0. The van der Waals surface area contributed by atoms with Crippen LogP contribution in [0.2, 0.25) is 0 Å². The van der Waals surface area contributed by atoms with Gasteiger partial charge < -0.3 is 5.11 Å². The Kier molecular flexibility index (Phi) is 3.19. The number of carboxylic acid groups (broad SMARTS) is 1. The lowest BCUT2D eigenvalue weighted by Crippen LogP contribution is -2.11. The Morgan fingerprint density at radius 1 is 0.913 bits per heavy atom. The van der Waals surface area contributed by atoms with Gasteiger partial charge in [-0.05, 0) is 44.3 Å². The molecule has 2 nitrogen and oxygen atoms in total. The van der Waals surface area contributed by atoms with Crippen LogP contribution in [0, 0.1) is 0 Å². The van der Waals surface area contributed by atoms with Gasteiger partial charge in [0, 0.05) is 0 Å². The Morgan fingerprint density at radius 2 is 1.52 bits per heavy atom. The van der Waals surface area contributed by atoms with Crippen molar-refractivity contribution in [2.45, 2.75) is 25.7 Å². The molecule has 2 heteroatoms. The Balaban J connectivity index is 2.13. The quantitative estimate of drug-likeness (QED) is 0.502. The van der Waals surface area contributed by atoms with Gasteiger partial charge in [-0.25, -0.2) is 0 Å². The first-order valence-corrected chi connectivity index (χ1v) is 8.10. The van der Waals surface area contributed by atoms with Crippen molar-refractivity contribution in [1.29, 1.82) is 0 Å². The van der Waals surface area contributed by atoms with E-state index in [1.54, 1.807) is 0 Å². The van der Waals surface area contributed by atoms with Gasteiger partial charge in [0.2, 0.25) is 0 Å². The van der Waals surface area contributed by atoms with E-state index in [4.69, 9.17) is 0 Å². The van der Waals surface area contributed by atoms with Gasteiger partial charge in [0.1, 0.15) is 0 Å². The zero-order valence-corrected chi connectivity index (χ0v) is 13.0. The highest BCUT2D eigenvalue weighted by molar-refractivity contribution is 6.23. The molecule has 0 saturated heterocycles. The molecular formula is C21H18O2. The molecule has 1 atom stereocenters. The van der Waals surface area contributed by atoms with Crippen LogP contribution in [0.1, 0.15) is 31.2 Å². The Labute approximate surface area is 134 Å².